The fraction of sp³-hybridized carbons (Fsp3) is 0. The van der Waals surface area contributed by atoms with Gasteiger partial charge in [0.15, 0.2) is 5.11 Å². The number of benzene rings is 2. The molecule has 3 rings (SSSR count). The molecule has 0 atom stereocenters. The van der Waals surface area contributed by atoms with Crippen molar-refractivity contribution in [2.45, 2.75) is 0 Å². The van der Waals surface area contributed by atoms with Crippen molar-refractivity contribution in [2.24, 2.45) is 0 Å². The van der Waals surface area contributed by atoms with E-state index >= 15 is 0 Å². The van der Waals surface area contributed by atoms with Crippen LogP contribution in [-0.2, 0) is 9.59 Å². The van der Waals surface area contributed by atoms with Crippen molar-refractivity contribution in [3.05, 3.63) is 68.7 Å². The molecule has 8 heteroatoms. The molecule has 25 heavy (non-hydrogen) atoms. The summed E-state index contributed by atoms with van der Waals surface area (Å²) in [5.41, 5.74) is 0.941. The minimum Gasteiger partial charge on any atom is -0.298 e. The van der Waals surface area contributed by atoms with Crippen molar-refractivity contribution in [1.82, 2.24) is 5.32 Å². The third kappa shape index (κ3) is 3.85. The predicted molar refractivity (Wildman–Crippen MR) is 104 cm³/mol. The van der Waals surface area contributed by atoms with Gasteiger partial charge in [0.2, 0.25) is 0 Å². The molecule has 1 aliphatic rings. The Bertz CT molecular complexity index is 906. The van der Waals surface area contributed by atoms with Gasteiger partial charge in [-0.15, -0.1) is 0 Å². The van der Waals surface area contributed by atoms with Crippen LogP contribution in [0.3, 0.4) is 0 Å². The normalized spacial score (nSPS) is 16.4. The quantitative estimate of drug-likeness (QED) is 0.450. The van der Waals surface area contributed by atoms with Gasteiger partial charge in [-0.3, -0.25) is 19.8 Å². The number of amides is 2. The van der Waals surface area contributed by atoms with Crippen molar-refractivity contribution >= 4 is 75.7 Å². The van der Waals surface area contributed by atoms with E-state index < -0.39 is 11.8 Å². The van der Waals surface area contributed by atoms with Gasteiger partial charge in [-0.25, -0.2) is 0 Å². The molecule has 1 fully saturated rings. The number of rotatable bonds is 2. The van der Waals surface area contributed by atoms with E-state index in [9.17, 15) is 9.59 Å². The fourth-order valence-electron chi connectivity index (χ4n) is 2.31. The second-order valence-corrected chi connectivity index (χ2v) is 6.83. The summed E-state index contributed by atoms with van der Waals surface area (Å²) < 4.78 is 0. The summed E-state index contributed by atoms with van der Waals surface area (Å²) in [6.07, 6.45) is 1.42. The predicted octanol–water partition coefficient (Wildman–Crippen LogP) is 4.48. The van der Waals surface area contributed by atoms with E-state index in [0.29, 0.717) is 26.3 Å². The molecule has 0 aliphatic carbocycles. The van der Waals surface area contributed by atoms with Crippen LogP contribution in [0.1, 0.15) is 5.56 Å². The molecule has 2 aromatic carbocycles. The standard InChI is InChI=1S/C17H9Cl3N2O2S/c18-10-1-3-13(4-2-10)22-16(24)14(15(23)21-17(22)25)7-9-5-11(19)8-12(20)6-9/h1-8H,(H,21,23,25). The van der Waals surface area contributed by atoms with Crippen LogP contribution in [0.2, 0.25) is 15.1 Å². The maximum absolute atomic E-state index is 12.8. The molecule has 2 amide bonds. The molecule has 0 unspecified atom stereocenters. The van der Waals surface area contributed by atoms with Crippen LogP contribution in [0, 0.1) is 0 Å². The second-order valence-electron chi connectivity index (χ2n) is 5.14. The summed E-state index contributed by atoms with van der Waals surface area (Å²) in [5.74, 6) is -1.14. The van der Waals surface area contributed by atoms with Crippen molar-refractivity contribution in [3.8, 4) is 0 Å². The first-order valence-corrected chi connectivity index (χ1v) is 8.52. The Labute approximate surface area is 164 Å². The number of nitrogens with one attached hydrogen (secondary N) is 1. The molecule has 0 aromatic heterocycles. The summed E-state index contributed by atoms with van der Waals surface area (Å²) >= 11 is 22.9. The molecular weight excluding hydrogens is 403 g/mol. The molecule has 4 nitrogen and oxygen atoms in total. The summed E-state index contributed by atoms with van der Waals surface area (Å²) in [6.45, 7) is 0. The maximum atomic E-state index is 12.8. The Hall–Kier alpha value is -1.92. The Morgan fingerprint density at radius 2 is 1.52 bits per heavy atom. The third-order valence-corrected chi connectivity index (χ3v) is 4.36. The lowest BCUT2D eigenvalue weighted by molar-refractivity contribution is -0.122. The van der Waals surface area contributed by atoms with Gasteiger partial charge in [0.05, 0.1) is 5.69 Å². The molecule has 0 saturated carbocycles. The second kappa shape index (κ2) is 7.14. The van der Waals surface area contributed by atoms with Crippen molar-refractivity contribution in [2.75, 3.05) is 4.90 Å². The Morgan fingerprint density at radius 3 is 2.12 bits per heavy atom. The minimum absolute atomic E-state index is 0.00130. The average Bonchev–Trinajstić information content (AvgIpc) is 2.52. The third-order valence-electron chi connectivity index (χ3n) is 3.38. The number of anilines is 1. The summed E-state index contributed by atoms with van der Waals surface area (Å²) in [7, 11) is 0. The molecule has 1 N–H and O–H groups in total. The largest absolute Gasteiger partial charge is 0.298 e. The van der Waals surface area contributed by atoms with Crippen LogP contribution < -0.4 is 10.2 Å². The number of nitrogens with zero attached hydrogens (tertiary/aromatic N) is 1. The number of thiocarbonyl (C=S) groups is 1. The highest BCUT2D eigenvalue weighted by molar-refractivity contribution is 7.80. The zero-order valence-electron chi connectivity index (χ0n) is 12.4. The lowest BCUT2D eigenvalue weighted by Crippen LogP contribution is -2.54. The van der Waals surface area contributed by atoms with Crippen molar-refractivity contribution in [1.29, 1.82) is 0 Å². The van der Waals surface area contributed by atoms with E-state index in [2.05, 4.69) is 5.32 Å². The van der Waals surface area contributed by atoms with Gasteiger partial charge in [0, 0.05) is 15.1 Å². The van der Waals surface area contributed by atoms with E-state index in [-0.39, 0.29) is 10.7 Å². The van der Waals surface area contributed by atoms with E-state index in [1.54, 1.807) is 42.5 Å². The zero-order valence-corrected chi connectivity index (χ0v) is 15.5. The number of carbonyl (C=O) groups is 2. The van der Waals surface area contributed by atoms with Gasteiger partial charge in [-0.1, -0.05) is 34.8 Å². The summed E-state index contributed by atoms with van der Waals surface area (Å²) in [4.78, 5) is 26.3. The zero-order chi connectivity index (χ0) is 18.1. The molecule has 0 bridgehead atoms. The molecule has 0 radical (unpaired) electrons. The summed E-state index contributed by atoms with van der Waals surface area (Å²) in [5, 5.41) is 3.82. The van der Waals surface area contributed by atoms with E-state index in [1.165, 1.54) is 11.0 Å². The monoisotopic (exact) mass is 410 g/mol. The molecule has 1 aliphatic heterocycles. The van der Waals surface area contributed by atoms with E-state index in [4.69, 9.17) is 47.0 Å². The van der Waals surface area contributed by atoms with Crippen LogP contribution in [0.25, 0.3) is 6.08 Å². The van der Waals surface area contributed by atoms with Crippen LogP contribution in [0.15, 0.2) is 48.0 Å². The number of carbonyl (C=O) groups excluding carboxylic acids is 2. The van der Waals surface area contributed by atoms with Gasteiger partial charge in [0.25, 0.3) is 11.8 Å². The van der Waals surface area contributed by atoms with Crippen LogP contribution in [0.5, 0.6) is 0 Å². The first kappa shape index (κ1) is 17.9. The smallest absolute Gasteiger partial charge is 0.270 e. The highest BCUT2D eigenvalue weighted by atomic mass is 35.5. The molecule has 0 spiro atoms. The minimum atomic E-state index is -0.587. The Morgan fingerprint density at radius 1 is 0.920 bits per heavy atom. The Kier molecular flexibility index (Phi) is 5.11. The van der Waals surface area contributed by atoms with Gasteiger partial charge >= 0.3 is 0 Å². The highest BCUT2D eigenvalue weighted by Gasteiger charge is 2.34. The SMILES string of the molecule is O=C1NC(=S)N(c2ccc(Cl)cc2)C(=O)C1=Cc1cc(Cl)cc(Cl)c1. The number of hydrogen-bond donors (Lipinski definition) is 1. The maximum Gasteiger partial charge on any atom is 0.270 e. The van der Waals surface area contributed by atoms with Gasteiger partial charge < -0.3 is 0 Å². The fourth-order valence-corrected chi connectivity index (χ4v) is 3.26. The van der Waals surface area contributed by atoms with Gasteiger partial charge in [-0.2, -0.15) is 0 Å². The molecule has 1 heterocycles. The van der Waals surface area contributed by atoms with Crippen molar-refractivity contribution in [3.63, 3.8) is 0 Å². The summed E-state index contributed by atoms with van der Waals surface area (Å²) in [6, 6.07) is 11.3. The topological polar surface area (TPSA) is 49.4 Å². The molecule has 1 saturated heterocycles. The molecule has 126 valence electrons. The molecule has 2 aromatic rings. The van der Waals surface area contributed by atoms with Crippen LogP contribution in [0.4, 0.5) is 5.69 Å². The number of hydrogen-bond acceptors (Lipinski definition) is 3. The molecular formula is C17H9Cl3N2O2S. The van der Waals surface area contributed by atoms with Gasteiger partial charge in [0.1, 0.15) is 5.57 Å². The first-order chi connectivity index (χ1) is 11.8. The Balaban J connectivity index is 2.03. The highest BCUT2D eigenvalue weighted by Crippen LogP contribution is 2.25. The number of halogens is 3. The van der Waals surface area contributed by atoms with Crippen LogP contribution in [-0.4, -0.2) is 16.9 Å². The van der Waals surface area contributed by atoms with E-state index in [0.717, 1.165) is 0 Å². The van der Waals surface area contributed by atoms with Gasteiger partial charge in [-0.05, 0) is 66.3 Å². The van der Waals surface area contributed by atoms with E-state index in [1.807, 2.05) is 0 Å². The lowest BCUT2D eigenvalue weighted by Gasteiger charge is -2.29. The lowest BCUT2D eigenvalue weighted by atomic mass is 10.1. The first-order valence-electron chi connectivity index (χ1n) is 6.98. The van der Waals surface area contributed by atoms with Crippen LogP contribution >= 0.6 is 47.0 Å². The van der Waals surface area contributed by atoms with Crippen molar-refractivity contribution < 1.29 is 9.59 Å². The average molecular weight is 412 g/mol.